The number of carbonyl (C=O) groups is 1. The highest BCUT2D eigenvalue weighted by atomic mass is 79.9. The zero-order valence-electron chi connectivity index (χ0n) is 11.6. The summed E-state index contributed by atoms with van der Waals surface area (Å²) in [6.07, 6.45) is 0. The fourth-order valence-electron chi connectivity index (χ4n) is 1.82. The van der Waals surface area contributed by atoms with E-state index in [-0.39, 0.29) is 10.3 Å². The third kappa shape index (κ3) is 3.28. The summed E-state index contributed by atoms with van der Waals surface area (Å²) in [5.41, 5.74) is 2.56. The van der Waals surface area contributed by atoms with Crippen molar-refractivity contribution in [1.29, 1.82) is 0 Å². The van der Waals surface area contributed by atoms with Gasteiger partial charge in [-0.2, -0.15) is 0 Å². The lowest BCUT2D eigenvalue weighted by molar-refractivity contribution is 0.108. The van der Waals surface area contributed by atoms with Gasteiger partial charge in [0.15, 0.2) is 0 Å². The molecule has 0 radical (unpaired) electrons. The molecular weight excluding hydrogens is 364 g/mol. The van der Waals surface area contributed by atoms with Crippen molar-refractivity contribution in [2.24, 2.45) is 0 Å². The van der Waals surface area contributed by atoms with Crippen LogP contribution in [-0.4, -0.2) is 15.3 Å². The van der Waals surface area contributed by atoms with Crippen LogP contribution in [0.1, 0.15) is 15.9 Å². The van der Waals surface area contributed by atoms with Gasteiger partial charge in [-0.25, -0.2) is 0 Å². The van der Waals surface area contributed by atoms with Gasteiger partial charge in [-0.05, 0) is 31.2 Å². The molecule has 2 aromatic carbocycles. The van der Waals surface area contributed by atoms with Crippen LogP contribution in [-0.2, 0) is 0 Å². The lowest BCUT2D eigenvalue weighted by Gasteiger charge is -1.99. The Hall–Kier alpha value is -1.92. The van der Waals surface area contributed by atoms with Gasteiger partial charge in [-0.15, -0.1) is 10.2 Å². The number of hydrogen-bond donors (Lipinski definition) is 0. The van der Waals surface area contributed by atoms with Gasteiger partial charge in [-0.1, -0.05) is 45.8 Å². The largest absolute Gasteiger partial charge is 0.411 e. The Labute approximate surface area is 140 Å². The summed E-state index contributed by atoms with van der Waals surface area (Å²) in [6.45, 7) is 2.01. The van der Waals surface area contributed by atoms with Crippen molar-refractivity contribution >= 4 is 32.8 Å². The standard InChI is InChI=1S/C16H11BrN2O2S/c1-10-6-8-11(9-7-10)14-18-19-16(21-14)22-15(20)12-4-2-3-5-13(12)17/h2-9H,1H3. The molecule has 0 amide bonds. The van der Waals surface area contributed by atoms with Crippen molar-refractivity contribution in [1.82, 2.24) is 10.2 Å². The van der Waals surface area contributed by atoms with Crippen LogP contribution in [0.4, 0.5) is 0 Å². The molecule has 0 fully saturated rings. The smallest absolute Gasteiger partial charge is 0.284 e. The van der Waals surface area contributed by atoms with E-state index in [4.69, 9.17) is 4.42 Å². The molecular formula is C16H11BrN2O2S. The van der Waals surface area contributed by atoms with Crippen LogP contribution in [0, 0.1) is 6.92 Å². The Kier molecular flexibility index (Phi) is 4.40. The van der Waals surface area contributed by atoms with E-state index in [9.17, 15) is 4.79 Å². The van der Waals surface area contributed by atoms with Crippen molar-refractivity contribution in [2.45, 2.75) is 12.1 Å². The number of hydrogen-bond acceptors (Lipinski definition) is 5. The molecule has 1 heterocycles. The lowest BCUT2D eigenvalue weighted by Crippen LogP contribution is -1.94. The minimum atomic E-state index is -0.147. The summed E-state index contributed by atoms with van der Waals surface area (Å²) < 4.78 is 6.29. The molecule has 22 heavy (non-hydrogen) atoms. The van der Waals surface area contributed by atoms with Crippen LogP contribution < -0.4 is 0 Å². The zero-order valence-corrected chi connectivity index (χ0v) is 14.0. The number of aromatic nitrogens is 2. The average Bonchev–Trinajstić information content (AvgIpc) is 2.97. The molecule has 0 spiro atoms. The third-order valence-corrected chi connectivity index (χ3v) is 4.42. The maximum Gasteiger partial charge on any atom is 0.284 e. The van der Waals surface area contributed by atoms with Crippen LogP contribution in [0.2, 0.25) is 0 Å². The van der Waals surface area contributed by atoms with E-state index in [1.807, 2.05) is 49.4 Å². The summed E-state index contributed by atoms with van der Waals surface area (Å²) in [7, 11) is 0. The van der Waals surface area contributed by atoms with Gasteiger partial charge in [0.1, 0.15) is 0 Å². The highest BCUT2D eigenvalue weighted by Gasteiger charge is 2.16. The van der Waals surface area contributed by atoms with Gasteiger partial charge < -0.3 is 4.42 Å². The second-order valence-electron chi connectivity index (χ2n) is 4.61. The first-order valence-corrected chi connectivity index (χ1v) is 8.12. The Bertz CT molecular complexity index is 815. The lowest BCUT2D eigenvalue weighted by atomic mass is 10.1. The van der Waals surface area contributed by atoms with Gasteiger partial charge in [0.25, 0.3) is 5.22 Å². The zero-order chi connectivity index (χ0) is 15.5. The topological polar surface area (TPSA) is 56.0 Å². The van der Waals surface area contributed by atoms with Gasteiger partial charge in [0, 0.05) is 27.4 Å². The number of benzene rings is 2. The van der Waals surface area contributed by atoms with E-state index < -0.39 is 0 Å². The van der Waals surface area contributed by atoms with Gasteiger partial charge in [0.05, 0.1) is 0 Å². The van der Waals surface area contributed by atoms with Crippen molar-refractivity contribution in [3.63, 3.8) is 0 Å². The highest BCUT2D eigenvalue weighted by Crippen LogP contribution is 2.28. The number of aryl methyl sites for hydroxylation is 1. The Morgan fingerprint density at radius 1 is 1.09 bits per heavy atom. The van der Waals surface area contributed by atoms with E-state index in [0.29, 0.717) is 11.5 Å². The Balaban J connectivity index is 1.78. The van der Waals surface area contributed by atoms with Crippen LogP contribution in [0.25, 0.3) is 11.5 Å². The van der Waals surface area contributed by atoms with Crippen LogP contribution in [0.15, 0.2) is 62.6 Å². The molecule has 0 aliphatic rings. The molecule has 1 aromatic heterocycles. The molecule has 0 aliphatic carbocycles. The Morgan fingerprint density at radius 2 is 1.82 bits per heavy atom. The van der Waals surface area contributed by atoms with Gasteiger partial charge >= 0.3 is 0 Å². The first-order chi connectivity index (χ1) is 10.6. The van der Waals surface area contributed by atoms with E-state index in [0.717, 1.165) is 27.4 Å². The van der Waals surface area contributed by atoms with E-state index in [2.05, 4.69) is 26.1 Å². The van der Waals surface area contributed by atoms with Crippen molar-refractivity contribution in [3.8, 4) is 11.5 Å². The second-order valence-corrected chi connectivity index (χ2v) is 6.39. The first kappa shape index (κ1) is 15.0. The molecule has 3 rings (SSSR count). The summed E-state index contributed by atoms with van der Waals surface area (Å²) in [5.74, 6) is 0.405. The predicted molar refractivity (Wildman–Crippen MR) is 88.8 cm³/mol. The molecule has 0 atom stereocenters. The monoisotopic (exact) mass is 374 g/mol. The quantitative estimate of drug-likeness (QED) is 0.619. The predicted octanol–water partition coefficient (Wildman–Crippen LogP) is 4.74. The average molecular weight is 375 g/mol. The number of thioether (sulfide) groups is 1. The van der Waals surface area contributed by atoms with Crippen LogP contribution >= 0.6 is 27.7 Å². The van der Waals surface area contributed by atoms with Crippen molar-refractivity contribution in [2.75, 3.05) is 0 Å². The summed E-state index contributed by atoms with van der Waals surface area (Å²) >= 11 is 4.28. The molecule has 0 saturated carbocycles. The molecule has 0 unspecified atom stereocenters. The maximum absolute atomic E-state index is 12.2. The minimum Gasteiger partial charge on any atom is -0.411 e. The Morgan fingerprint density at radius 3 is 2.55 bits per heavy atom. The third-order valence-electron chi connectivity index (χ3n) is 2.98. The maximum atomic E-state index is 12.2. The first-order valence-electron chi connectivity index (χ1n) is 6.51. The summed E-state index contributed by atoms with van der Waals surface area (Å²) in [6, 6.07) is 15.0. The van der Waals surface area contributed by atoms with Crippen LogP contribution in [0.5, 0.6) is 0 Å². The van der Waals surface area contributed by atoms with E-state index in [1.165, 1.54) is 0 Å². The summed E-state index contributed by atoms with van der Waals surface area (Å²) in [5, 5.41) is 7.99. The summed E-state index contributed by atoms with van der Waals surface area (Å²) in [4.78, 5) is 12.2. The van der Waals surface area contributed by atoms with Gasteiger partial charge in [-0.3, -0.25) is 4.79 Å². The number of nitrogens with zero attached hydrogens (tertiary/aromatic N) is 2. The normalized spacial score (nSPS) is 10.6. The molecule has 6 heteroatoms. The fraction of sp³-hybridized carbons (Fsp3) is 0.0625. The molecule has 3 aromatic rings. The molecule has 0 bridgehead atoms. The fourth-order valence-corrected chi connectivity index (χ4v) is 3.07. The van der Waals surface area contributed by atoms with E-state index in [1.54, 1.807) is 6.07 Å². The molecule has 4 nitrogen and oxygen atoms in total. The highest BCUT2D eigenvalue weighted by molar-refractivity contribution is 9.10. The molecule has 0 N–H and O–H groups in total. The van der Waals surface area contributed by atoms with Crippen molar-refractivity contribution in [3.05, 3.63) is 64.1 Å². The van der Waals surface area contributed by atoms with Crippen LogP contribution in [0.3, 0.4) is 0 Å². The molecule has 0 saturated heterocycles. The van der Waals surface area contributed by atoms with Crippen molar-refractivity contribution < 1.29 is 9.21 Å². The van der Waals surface area contributed by atoms with Gasteiger partial charge in [0.2, 0.25) is 11.0 Å². The number of halogens is 1. The molecule has 110 valence electrons. The molecule has 0 aliphatic heterocycles. The number of rotatable bonds is 3. The second kappa shape index (κ2) is 6.46. The minimum absolute atomic E-state index is 0.147. The number of carbonyl (C=O) groups excluding carboxylic acids is 1. The SMILES string of the molecule is Cc1ccc(-c2nnc(SC(=O)c3ccccc3Br)o2)cc1. The van der Waals surface area contributed by atoms with E-state index >= 15 is 0 Å².